The van der Waals surface area contributed by atoms with Gasteiger partial charge >= 0.3 is 5.69 Å². The number of aryl methyl sites for hydroxylation is 2. The van der Waals surface area contributed by atoms with Gasteiger partial charge in [0.1, 0.15) is 6.54 Å². The van der Waals surface area contributed by atoms with E-state index < -0.39 is 11.2 Å². The molecule has 1 amide bonds. The lowest BCUT2D eigenvalue weighted by Gasteiger charge is -2.06. The zero-order valence-electron chi connectivity index (χ0n) is 18.2. The van der Waals surface area contributed by atoms with Crippen LogP contribution in [0.25, 0.3) is 22.4 Å². The molecule has 11 heteroatoms. The number of carbonyl (C=O) groups excluding carboxylic acids is 1. The number of amides is 1. The summed E-state index contributed by atoms with van der Waals surface area (Å²) < 4.78 is 5.86. The lowest BCUT2D eigenvalue weighted by atomic mass is 10.2. The summed E-state index contributed by atoms with van der Waals surface area (Å²) in [4.78, 5) is 45.9. The van der Waals surface area contributed by atoms with Crippen LogP contribution in [0.15, 0.2) is 40.0 Å². The van der Waals surface area contributed by atoms with E-state index in [1.54, 1.807) is 0 Å². The molecule has 0 spiro atoms. The average molecular weight is 454 g/mol. The van der Waals surface area contributed by atoms with Crippen molar-refractivity contribution in [2.45, 2.75) is 26.9 Å². The maximum Gasteiger partial charge on any atom is 0.332 e. The molecule has 4 heterocycles. The van der Waals surface area contributed by atoms with E-state index in [1.165, 1.54) is 40.9 Å². The molecule has 0 aliphatic rings. The highest BCUT2D eigenvalue weighted by Crippen LogP contribution is 2.30. The first kappa shape index (κ1) is 21.5. The molecule has 4 rings (SSSR count). The summed E-state index contributed by atoms with van der Waals surface area (Å²) in [6.45, 7) is 8.45. The number of nitrogens with zero attached hydrogens (tertiary/aromatic N) is 6. The third-order valence-electron chi connectivity index (χ3n) is 5.44. The Morgan fingerprint density at radius 2 is 2.00 bits per heavy atom. The number of hydrogen-bond donors (Lipinski definition) is 1. The molecule has 0 atom stereocenters. The molecule has 4 aromatic heterocycles. The number of allylic oxidation sites excluding steroid dienone is 1. The van der Waals surface area contributed by atoms with Crippen LogP contribution < -0.4 is 16.6 Å². The summed E-state index contributed by atoms with van der Waals surface area (Å²) in [6, 6.07) is 2.07. The lowest BCUT2D eigenvalue weighted by Crippen LogP contribution is -2.37. The topological polar surface area (TPSA) is 109 Å². The molecule has 0 bridgehead atoms. The van der Waals surface area contributed by atoms with Crippen molar-refractivity contribution in [2.24, 2.45) is 14.1 Å². The molecule has 0 radical (unpaired) electrons. The minimum absolute atomic E-state index is 0.132. The van der Waals surface area contributed by atoms with Crippen LogP contribution in [0.2, 0.25) is 0 Å². The maximum absolute atomic E-state index is 12.6. The first-order valence-electron chi connectivity index (χ1n) is 9.87. The van der Waals surface area contributed by atoms with Crippen molar-refractivity contribution in [3.05, 3.63) is 62.7 Å². The van der Waals surface area contributed by atoms with E-state index in [0.29, 0.717) is 5.13 Å². The normalized spacial score (nSPS) is 11.2. The van der Waals surface area contributed by atoms with Crippen LogP contribution in [0.1, 0.15) is 11.4 Å². The van der Waals surface area contributed by atoms with Crippen molar-refractivity contribution in [3.8, 4) is 11.3 Å². The van der Waals surface area contributed by atoms with E-state index in [0.717, 1.165) is 33.8 Å². The standard InChI is InChI=1S/C21H23N7O3S/c1-6-7-28-12(2)8-14(13(28)3)15-10-32-20(23-15)24-16(29)9-27-11-22-18-17(27)19(30)26(5)21(31)25(18)4/h6,8,10-11H,1,7,9H2,2-5H3,(H,23,24,29). The highest BCUT2D eigenvalue weighted by molar-refractivity contribution is 7.14. The summed E-state index contributed by atoms with van der Waals surface area (Å²) in [6.07, 6.45) is 3.23. The number of hydrogen-bond acceptors (Lipinski definition) is 6. The number of carbonyl (C=O) groups is 1. The Labute approximate surface area is 187 Å². The van der Waals surface area contributed by atoms with Crippen LogP contribution in [0.3, 0.4) is 0 Å². The van der Waals surface area contributed by atoms with E-state index in [2.05, 4.69) is 32.5 Å². The highest BCUT2D eigenvalue weighted by atomic mass is 32.1. The second-order valence-electron chi connectivity index (χ2n) is 7.52. The molecule has 0 aliphatic heterocycles. The van der Waals surface area contributed by atoms with Crippen LogP contribution >= 0.6 is 11.3 Å². The Morgan fingerprint density at radius 3 is 2.72 bits per heavy atom. The van der Waals surface area contributed by atoms with Crippen molar-refractivity contribution in [3.63, 3.8) is 0 Å². The van der Waals surface area contributed by atoms with Gasteiger partial charge in [-0.05, 0) is 19.9 Å². The molecular formula is C21H23N7O3S. The predicted molar refractivity (Wildman–Crippen MR) is 124 cm³/mol. The summed E-state index contributed by atoms with van der Waals surface area (Å²) >= 11 is 1.33. The molecule has 166 valence electrons. The van der Waals surface area contributed by atoms with Gasteiger partial charge in [0.15, 0.2) is 16.3 Å². The number of thiazole rings is 1. The predicted octanol–water partition coefficient (Wildman–Crippen LogP) is 1.80. The van der Waals surface area contributed by atoms with E-state index >= 15 is 0 Å². The number of fused-ring (bicyclic) bond motifs is 1. The number of aromatic nitrogens is 6. The number of nitrogens with one attached hydrogen (secondary N) is 1. The first-order valence-corrected chi connectivity index (χ1v) is 10.7. The smallest absolute Gasteiger partial charge is 0.332 e. The number of anilines is 1. The molecule has 0 fully saturated rings. The van der Waals surface area contributed by atoms with Gasteiger partial charge in [0.05, 0.1) is 12.0 Å². The lowest BCUT2D eigenvalue weighted by molar-refractivity contribution is -0.116. The third-order valence-corrected chi connectivity index (χ3v) is 6.20. The quantitative estimate of drug-likeness (QED) is 0.448. The van der Waals surface area contributed by atoms with Gasteiger partial charge in [-0.25, -0.2) is 14.8 Å². The molecule has 0 saturated carbocycles. The molecule has 0 saturated heterocycles. The third kappa shape index (κ3) is 3.50. The molecular weight excluding hydrogens is 430 g/mol. The van der Waals surface area contributed by atoms with Crippen molar-refractivity contribution in [2.75, 3.05) is 5.32 Å². The second kappa shape index (κ2) is 8.08. The van der Waals surface area contributed by atoms with Gasteiger partial charge < -0.3 is 14.5 Å². The second-order valence-corrected chi connectivity index (χ2v) is 8.38. The summed E-state index contributed by atoms with van der Waals surface area (Å²) in [7, 11) is 2.93. The van der Waals surface area contributed by atoms with Crippen molar-refractivity contribution in [1.29, 1.82) is 0 Å². The van der Waals surface area contributed by atoms with Gasteiger partial charge in [0.2, 0.25) is 5.91 Å². The van der Waals surface area contributed by atoms with E-state index in [9.17, 15) is 14.4 Å². The first-order chi connectivity index (χ1) is 15.2. The minimum atomic E-state index is -0.500. The fourth-order valence-electron chi connectivity index (χ4n) is 3.76. The summed E-state index contributed by atoms with van der Waals surface area (Å²) in [5.74, 6) is -0.349. The van der Waals surface area contributed by atoms with Gasteiger partial charge in [-0.3, -0.25) is 18.7 Å². The van der Waals surface area contributed by atoms with Crippen LogP contribution in [0.4, 0.5) is 5.13 Å². The van der Waals surface area contributed by atoms with Crippen LogP contribution in [0.5, 0.6) is 0 Å². The van der Waals surface area contributed by atoms with Gasteiger partial charge in [-0.15, -0.1) is 17.9 Å². The summed E-state index contributed by atoms with van der Waals surface area (Å²) in [5.41, 5.74) is 3.43. The number of rotatable bonds is 6. The largest absolute Gasteiger partial charge is 0.345 e. The van der Waals surface area contributed by atoms with Gasteiger partial charge in [-0.2, -0.15) is 0 Å². The van der Waals surface area contributed by atoms with Crippen molar-refractivity contribution >= 4 is 33.5 Å². The number of imidazole rings is 1. The minimum Gasteiger partial charge on any atom is -0.345 e. The van der Waals surface area contributed by atoms with Gasteiger partial charge in [0, 0.05) is 43.0 Å². The van der Waals surface area contributed by atoms with Crippen LogP contribution in [-0.4, -0.2) is 34.1 Å². The SMILES string of the molecule is C=CCn1c(C)cc(-c2csc(NC(=O)Cn3cnc4c3c(=O)n(C)c(=O)n4C)n2)c1C. The van der Waals surface area contributed by atoms with Crippen molar-refractivity contribution < 1.29 is 4.79 Å². The fourth-order valence-corrected chi connectivity index (χ4v) is 4.48. The van der Waals surface area contributed by atoms with Gasteiger partial charge in [-0.1, -0.05) is 6.08 Å². The molecule has 0 aromatic carbocycles. The molecule has 1 N–H and O–H groups in total. The average Bonchev–Trinajstić information content (AvgIpc) is 3.45. The Morgan fingerprint density at radius 1 is 1.25 bits per heavy atom. The maximum atomic E-state index is 12.6. The fraction of sp³-hybridized carbons (Fsp3) is 0.286. The Hall–Kier alpha value is -3.73. The molecule has 10 nitrogen and oxygen atoms in total. The van der Waals surface area contributed by atoms with Crippen LogP contribution in [-0.2, 0) is 32.0 Å². The zero-order chi connectivity index (χ0) is 23.2. The Bertz CT molecular complexity index is 1480. The van der Waals surface area contributed by atoms with E-state index in [1.807, 2.05) is 25.3 Å². The van der Waals surface area contributed by atoms with Crippen LogP contribution in [0, 0.1) is 13.8 Å². The van der Waals surface area contributed by atoms with Gasteiger partial charge in [0.25, 0.3) is 5.56 Å². The zero-order valence-corrected chi connectivity index (χ0v) is 19.1. The van der Waals surface area contributed by atoms with E-state index in [4.69, 9.17) is 0 Å². The Balaban J connectivity index is 1.57. The van der Waals surface area contributed by atoms with E-state index in [-0.39, 0.29) is 23.6 Å². The molecule has 4 aromatic rings. The molecule has 0 aliphatic carbocycles. The highest BCUT2D eigenvalue weighted by Gasteiger charge is 2.17. The van der Waals surface area contributed by atoms with Crippen molar-refractivity contribution in [1.82, 2.24) is 28.2 Å². The molecule has 32 heavy (non-hydrogen) atoms. The molecule has 0 unspecified atom stereocenters. The monoisotopic (exact) mass is 453 g/mol. The Kier molecular flexibility index (Phi) is 5.43. The summed E-state index contributed by atoms with van der Waals surface area (Å²) in [5, 5.41) is 5.14.